The van der Waals surface area contributed by atoms with E-state index in [0.29, 0.717) is 0 Å². The molecule has 94 valence electrons. The molecule has 0 saturated carbocycles. The second kappa shape index (κ2) is 5.82. The molecule has 0 aliphatic carbocycles. The van der Waals surface area contributed by atoms with Crippen molar-refractivity contribution in [3.05, 3.63) is 35.9 Å². The van der Waals surface area contributed by atoms with Gasteiger partial charge in [0.1, 0.15) is 0 Å². The maximum Gasteiger partial charge on any atom is 0.317 e. The highest BCUT2D eigenvalue weighted by Gasteiger charge is 2.20. The van der Waals surface area contributed by atoms with Crippen LogP contribution in [-0.4, -0.2) is 17.6 Å². The molecule has 0 aromatic heterocycles. The summed E-state index contributed by atoms with van der Waals surface area (Å²) in [6.07, 6.45) is 0.907. The Labute approximate surface area is 103 Å². The van der Waals surface area contributed by atoms with Crippen LogP contribution < -0.4 is 5.32 Å². The third kappa shape index (κ3) is 5.50. The van der Waals surface area contributed by atoms with Gasteiger partial charge in [0.2, 0.25) is 0 Å². The van der Waals surface area contributed by atoms with Crippen LogP contribution in [0.25, 0.3) is 0 Å². The first-order valence-corrected chi connectivity index (χ1v) is 5.88. The average molecular weight is 235 g/mol. The Kier molecular flexibility index (Phi) is 4.70. The molecule has 1 unspecified atom stereocenters. The van der Waals surface area contributed by atoms with Gasteiger partial charge >= 0.3 is 5.97 Å². The normalized spacial score (nSPS) is 13.4. The van der Waals surface area contributed by atoms with Crippen molar-refractivity contribution in [2.45, 2.75) is 33.2 Å². The topological polar surface area (TPSA) is 49.3 Å². The van der Waals surface area contributed by atoms with Gasteiger partial charge in [0.25, 0.3) is 0 Å². The van der Waals surface area contributed by atoms with E-state index in [1.165, 1.54) is 0 Å². The zero-order valence-electron chi connectivity index (χ0n) is 10.7. The van der Waals surface area contributed by atoms with E-state index in [9.17, 15) is 4.79 Å². The Morgan fingerprint density at radius 2 is 1.88 bits per heavy atom. The summed E-state index contributed by atoms with van der Waals surface area (Å²) in [6, 6.07) is 10.1. The van der Waals surface area contributed by atoms with Gasteiger partial charge in [0.05, 0.1) is 6.54 Å². The number of carbonyl (C=O) groups is 1. The lowest BCUT2D eigenvalue weighted by molar-refractivity contribution is -0.136. The van der Waals surface area contributed by atoms with Crippen LogP contribution in [0.2, 0.25) is 0 Å². The molecule has 0 spiro atoms. The minimum absolute atomic E-state index is 0.00432. The van der Waals surface area contributed by atoms with E-state index in [1.807, 2.05) is 30.3 Å². The number of rotatable bonds is 5. The smallest absolute Gasteiger partial charge is 0.317 e. The fraction of sp³-hybridized carbons (Fsp3) is 0.500. The fourth-order valence-corrected chi connectivity index (χ4v) is 1.82. The maximum atomic E-state index is 10.6. The van der Waals surface area contributed by atoms with Crippen molar-refractivity contribution < 1.29 is 9.90 Å². The summed E-state index contributed by atoms with van der Waals surface area (Å²) in [7, 11) is 0. The Morgan fingerprint density at radius 3 is 2.35 bits per heavy atom. The van der Waals surface area contributed by atoms with Crippen molar-refractivity contribution in [1.29, 1.82) is 0 Å². The molecule has 0 aliphatic rings. The average Bonchev–Trinajstić information content (AvgIpc) is 2.24. The van der Waals surface area contributed by atoms with E-state index in [-0.39, 0.29) is 18.0 Å². The lowest BCUT2D eigenvalue weighted by atomic mass is 9.85. The molecule has 0 amide bonds. The second-order valence-electron chi connectivity index (χ2n) is 5.50. The number of hydrogen-bond donors (Lipinski definition) is 2. The van der Waals surface area contributed by atoms with E-state index >= 15 is 0 Å². The molecule has 1 atom stereocenters. The molecule has 0 bridgehead atoms. The van der Waals surface area contributed by atoms with Crippen LogP contribution in [-0.2, 0) is 4.79 Å². The van der Waals surface area contributed by atoms with Crippen molar-refractivity contribution in [3.8, 4) is 0 Å². The van der Waals surface area contributed by atoms with Crippen LogP contribution in [0.1, 0.15) is 38.8 Å². The Bertz CT molecular complexity index is 354. The van der Waals surface area contributed by atoms with Crippen LogP contribution >= 0.6 is 0 Å². The van der Waals surface area contributed by atoms with E-state index in [0.717, 1.165) is 12.0 Å². The van der Waals surface area contributed by atoms with Gasteiger partial charge in [0, 0.05) is 6.04 Å². The van der Waals surface area contributed by atoms with Crippen LogP contribution in [0.3, 0.4) is 0 Å². The van der Waals surface area contributed by atoms with Gasteiger partial charge in [-0.15, -0.1) is 0 Å². The molecule has 0 saturated heterocycles. The van der Waals surface area contributed by atoms with Gasteiger partial charge in [-0.1, -0.05) is 51.1 Å². The summed E-state index contributed by atoms with van der Waals surface area (Å²) in [5.74, 6) is -0.820. The van der Waals surface area contributed by atoms with Crippen LogP contribution in [0.15, 0.2) is 30.3 Å². The molecule has 0 heterocycles. The van der Waals surface area contributed by atoms with E-state index < -0.39 is 5.97 Å². The Morgan fingerprint density at radius 1 is 1.29 bits per heavy atom. The first-order chi connectivity index (χ1) is 7.88. The first-order valence-electron chi connectivity index (χ1n) is 5.88. The highest BCUT2D eigenvalue weighted by molar-refractivity contribution is 5.69. The standard InChI is InChI=1S/C14H21NO2/c1-14(2,3)9-12(15-10-13(16)17)11-7-5-4-6-8-11/h4-8,12,15H,9-10H2,1-3H3,(H,16,17). The summed E-state index contributed by atoms with van der Waals surface area (Å²) in [5, 5.41) is 11.8. The van der Waals surface area contributed by atoms with Gasteiger partial charge in [-0.05, 0) is 17.4 Å². The molecule has 0 radical (unpaired) electrons. The largest absolute Gasteiger partial charge is 0.480 e. The highest BCUT2D eigenvalue weighted by Crippen LogP contribution is 2.29. The van der Waals surface area contributed by atoms with Crippen molar-refractivity contribution >= 4 is 5.97 Å². The summed E-state index contributed by atoms with van der Waals surface area (Å²) in [6.45, 7) is 6.47. The minimum Gasteiger partial charge on any atom is -0.480 e. The number of hydrogen-bond acceptors (Lipinski definition) is 2. The maximum absolute atomic E-state index is 10.6. The number of nitrogens with one attached hydrogen (secondary N) is 1. The molecule has 0 fully saturated rings. The second-order valence-corrected chi connectivity index (χ2v) is 5.50. The molecule has 3 nitrogen and oxygen atoms in total. The van der Waals surface area contributed by atoms with Crippen LogP contribution in [0.5, 0.6) is 0 Å². The van der Waals surface area contributed by atoms with E-state index in [1.54, 1.807) is 0 Å². The molecule has 2 N–H and O–H groups in total. The molecule has 3 heteroatoms. The quantitative estimate of drug-likeness (QED) is 0.825. The predicted molar refractivity (Wildman–Crippen MR) is 68.9 cm³/mol. The lowest BCUT2D eigenvalue weighted by Crippen LogP contribution is -2.30. The summed E-state index contributed by atoms with van der Waals surface area (Å²) < 4.78 is 0. The number of benzene rings is 1. The van der Waals surface area contributed by atoms with Gasteiger partial charge < -0.3 is 10.4 Å². The third-order valence-corrected chi connectivity index (χ3v) is 2.52. The Balaban J connectivity index is 2.75. The molecule has 1 aromatic carbocycles. The van der Waals surface area contributed by atoms with Crippen molar-refractivity contribution in [3.63, 3.8) is 0 Å². The van der Waals surface area contributed by atoms with Gasteiger partial charge in [-0.3, -0.25) is 4.79 Å². The monoisotopic (exact) mass is 235 g/mol. The first kappa shape index (κ1) is 13.7. The minimum atomic E-state index is -0.820. The van der Waals surface area contributed by atoms with Gasteiger partial charge in [-0.25, -0.2) is 0 Å². The zero-order valence-corrected chi connectivity index (χ0v) is 10.7. The number of aliphatic carboxylic acids is 1. The predicted octanol–water partition coefficient (Wildman–Crippen LogP) is 2.84. The van der Waals surface area contributed by atoms with Crippen LogP contribution in [0.4, 0.5) is 0 Å². The summed E-state index contributed by atoms with van der Waals surface area (Å²) in [4.78, 5) is 10.6. The fourth-order valence-electron chi connectivity index (χ4n) is 1.82. The van der Waals surface area contributed by atoms with Crippen LogP contribution in [0, 0.1) is 5.41 Å². The SMILES string of the molecule is CC(C)(C)CC(NCC(=O)O)c1ccccc1. The number of carboxylic acids is 1. The molecule has 17 heavy (non-hydrogen) atoms. The van der Waals surface area contributed by atoms with Crippen molar-refractivity contribution in [1.82, 2.24) is 5.32 Å². The van der Waals surface area contributed by atoms with E-state index in [2.05, 4.69) is 26.1 Å². The molecule has 1 rings (SSSR count). The molecule has 1 aromatic rings. The summed E-state index contributed by atoms with van der Waals surface area (Å²) >= 11 is 0. The third-order valence-electron chi connectivity index (χ3n) is 2.52. The lowest BCUT2D eigenvalue weighted by Gasteiger charge is -2.26. The number of carboxylic acid groups (broad SMARTS) is 1. The highest BCUT2D eigenvalue weighted by atomic mass is 16.4. The molecular formula is C14H21NO2. The van der Waals surface area contributed by atoms with E-state index in [4.69, 9.17) is 5.11 Å². The van der Waals surface area contributed by atoms with Crippen molar-refractivity contribution in [2.24, 2.45) is 5.41 Å². The van der Waals surface area contributed by atoms with Crippen molar-refractivity contribution in [2.75, 3.05) is 6.54 Å². The molecule has 0 aliphatic heterocycles. The Hall–Kier alpha value is -1.35. The zero-order chi connectivity index (χ0) is 12.9. The van der Waals surface area contributed by atoms with Gasteiger partial charge in [-0.2, -0.15) is 0 Å². The summed E-state index contributed by atoms with van der Waals surface area (Å²) in [5.41, 5.74) is 1.30. The van der Waals surface area contributed by atoms with Gasteiger partial charge in [0.15, 0.2) is 0 Å². The molecular weight excluding hydrogens is 214 g/mol.